The van der Waals surface area contributed by atoms with E-state index in [1.807, 2.05) is 11.0 Å². The molecule has 0 radical (unpaired) electrons. The molecule has 1 aromatic carbocycles. The van der Waals surface area contributed by atoms with Crippen LogP contribution >= 0.6 is 11.6 Å². The van der Waals surface area contributed by atoms with Crippen molar-refractivity contribution in [3.05, 3.63) is 23.2 Å². The molecule has 2 amide bonds. The van der Waals surface area contributed by atoms with Crippen LogP contribution in [-0.2, 0) is 0 Å². The van der Waals surface area contributed by atoms with E-state index in [1.54, 1.807) is 17.0 Å². The molecule has 0 aromatic heterocycles. The van der Waals surface area contributed by atoms with Gasteiger partial charge in [-0.05, 0) is 12.1 Å². The first-order chi connectivity index (χ1) is 12.1. The molecule has 3 aliphatic heterocycles. The number of fused-ring (bicyclic) bond motifs is 1. The van der Waals surface area contributed by atoms with Gasteiger partial charge in [0.15, 0.2) is 5.96 Å². The highest BCUT2D eigenvalue weighted by Gasteiger charge is 2.31. The summed E-state index contributed by atoms with van der Waals surface area (Å²) < 4.78 is 5.64. The van der Waals surface area contributed by atoms with Gasteiger partial charge in [-0.3, -0.25) is 9.89 Å². The Hall–Kier alpha value is -2.15. The van der Waals surface area contributed by atoms with Crippen LogP contribution in [0.4, 0.5) is 10.5 Å². The van der Waals surface area contributed by atoms with E-state index < -0.39 is 0 Å². The summed E-state index contributed by atoms with van der Waals surface area (Å²) in [6.45, 7) is 5.90. The second-order valence-corrected chi connectivity index (χ2v) is 6.91. The Morgan fingerprint density at radius 2 is 1.96 bits per heavy atom. The van der Waals surface area contributed by atoms with Crippen LogP contribution in [-0.4, -0.2) is 86.2 Å². The number of hydrogen-bond donors (Lipinski definition) is 0. The second kappa shape index (κ2) is 6.63. The van der Waals surface area contributed by atoms with Crippen molar-refractivity contribution < 1.29 is 9.53 Å². The molecular formula is C17H22ClN5O2. The quantitative estimate of drug-likeness (QED) is 0.702. The summed E-state index contributed by atoms with van der Waals surface area (Å²) in [4.78, 5) is 25.7. The molecule has 3 heterocycles. The van der Waals surface area contributed by atoms with E-state index in [2.05, 4.69) is 21.8 Å². The van der Waals surface area contributed by atoms with Gasteiger partial charge in [-0.1, -0.05) is 11.6 Å². The summed E-state index contributed by atoms with van der Waals surface area (Å²) >= 11 is 6.03. The highest BCUT2D eigenvalue weighted by atomic mass is 35.5. The Bertz CT molecular complexity index is 702. The molecule has 0 spiro atoms. The smallest absolute Gasteiger partial charge is 0.324 e. The number of aliphatic imine (C=N–C) groups is 1. The lowest BCUT2D eigenvalue weighted by Crippen LogP contribution is -2.56. The minimum absolute atomic E-state index is 0.0354. The zero-order valence-electron chi connectivity index (χ0n) is 14.3. The van der Waals surface area contributed by atoms with E-state index in [1.165, 1.54) is 0 Å². The van der Waals surface area contributed by atoms with Crippen LogP contribution in [0.2, 0.25) is 5.02 Å². The van der Waals surface area contributed by atoms with Crippen LogP contribution in [0.15, 0.2) is 23.2 Å². The summed E-state index contributed by atoms with van der Waals surface area (Å²) in [6.07, 6.45) is 0. The van der Waals surface area contributed by atoms with Gasteiger partial charge < -0.3 is 19.4 Å². The number of benzene rings is 1. The number of rotatable bonds is 0. The number of anilines is 1. The van der Waals surface area contributed by atoms with Gasteiger partial charge in [0.25, 0.3) is 0 Å². The van der Waals surface area contributed by atoms with E-state index >= 15 is 0 Å². The Balaban J connectivity index is 1.43. The Morgan fingerprint density at radius 3 is 2.68 bits per heavy atom. The first kappa shape index (κ1) is 16.3. The number of carbonyl (C=O) groups is 1. The van der Waals surface area contributed by atoms with Crippen LogP contribution in [0, 0.1) is 0 Å². The van der Waals surface area contributed by atoms with Gasteiger partial charge >= 0.3 is 6.03 Å². The predicted molar refractivity (Wildman–Crippen MR) is 97.8 cm³/mol. The highest BCUT2D eigenvalue weighted by Crippen LogP contribution is 2.34. The highest BCUT2D eigenvalue weighted by molar-refractivity contribution is 6.30. The van der Waals surface area contributed by atoms with Crippen molar-refractivity contribution in [2.45, 2.75) is 0 Å². The fourth-order valence-corrected chi connectivity index (χ4v) is 3.69. The van der Waals surface area contributed by atoms with Crippen molar-refractivity contribution in [1.29, 1.82) is 0 Å². The van der Waals surface area contributed by atoms with Crippen LogP contribution < -0.4 is 9.64 Å². The van der Waals surface area contributed by atoms with Gasteiger partial charge in [-0.15, -0.1) is 0 Å². The van der Waals surface area contributed by atoms with E-state index in [0.717, 1.165) is 37.8 Å². The van der Waals surface area contributed by atoms with Crippen molar-refractivity contribution in [3.63, 3.8) is 0 Å². The number of amides is 2. The average molecular weight is 364 g/mol. The van der Waals surface area contributed by atoms with Crippen LogP contribution in [0.1, 0.15) is 0 Å². The first-order valence-corrected chi connectivity index (χ1v) is 9.00. The lowest BCUT2D eigenvalue weighted by molar-refractivity contribution is 0.168. The molecule has 0 aliphatic carbocycles. The van der Waals surface area contributed by atoms with Gasteiger partial charge in [0.05, 0.1) is 18.8 Å². The number of piperazine rings is 1. The van der Waals surface area contributed by atoms with Crippen molar-refractivity contribution in [2.75, 3.05) is 64.4 Å². The molecule has 25 heavy (non-hydrogen) atoms. The Kier molecular flexibility index (Phi) is 4.33. The average Bonchev–Trinajstić information content (AvgIpc) is 3.06. The largest absolute Gasteiger partial charge is 0.489 e. The lowest BCUT2D eigenvalue weighted by atomic mass is 10.2. The molecule has 0 N–H and O–H groups in total. The van der Waals surface area contributed by atoms with Gasteiger partial charge in [0.2, 0.25) is 0 Å². The third-order valence-electron chi connectivity index (χ3n) is 4.88. The maximum Gasteiger partial charge on any atom is 0.324 e. The van der Waals surface area contributed by atoms with Gasteiger partial charge in [-0.2, -0.15) is 0 Å². The van der Waals surface area contributed by atoms with E-state index in [4.69, 9.17) is 16.3 Å². The number of urea groups is 1. The zero-order valence-corrected chi connectivity index (χ0v) is 15.1. The molecule has 134 valence electrons. The third-order valence-corrected chi connectivity index (χ3v) is 5.11. The molecule has 7 nitrogen and oxygen atoms in total. The minimum Gasteiger partial charge on any atom is -0.489 e. The standard InChI is InChI=1S/C17H22ClN5O2/c1-20-5-4-19-16(20)21-6-8-22(9-7-21)17(24)23-10-11-25-15-12-13(18)2-3-14(15)23/h2-3,12H,4-11H2,1H3. The van der Waals surface area contributed by atoms with Crippen LogP contribution in [0.3, 0.4) is 0 Å². The molecule has 3 aliphatic rings. The van der Waals surface area contributed by atoms with Crippen LogP contribution in [0.5, 0.6) is 5.75 Å². The maximum atomic E-state index is 13.0. The van der Waals surface area contributed by atoms with Gasteiger partial charge in [0, 0.05) is 50.9 Å². The predicted octanol–water partition coefficient (Wildman–Crippen LogP) is 1.58. The van der Waals surface area contributed by atoms with Crippen molar-refractivity contribution in [2.24, 2.45) is 4.99 Å². The van der Waals surface area contributed by atoms with E-state index in [-0.39, 0.29) is 6.03 Å². The van der Waals surface area contributed by atoms with Crippen molar-refractivity contribution in [1.82, 2.24) is 14.7 Å². The van der Waals surface area contributed by atoms with E-state index in [0.29, 0.717) is 37.0 Å². The van der Waals surface area contributed by atoms with Crippen molar-refractivity contribution >= 4 is 29.3 Å². The number of carbonyl (C=O) groups excluding carboxylic acids is 1. The summed E-state index contributed by atoms with van der Waals surface area (Å²) in [5.74, 6) is 1.73. The summed E-state index contributed by atoms with van der Waals surface area (Å²) in [6, 6.07) is 5.45. The van der Waals surface area contributed by atoms with Crippen molar-refractivity contribution in [3.8, 4) is 5.75 Å². The number of likely N-dealkylation sites (N-methyl/N-ethyl adjacent to an activating group) is 1. The molecule has 8 heteroatoms. The first-order valence-electron chi connectivity index (χ1n) is 8.63. The lowest BCUT2D eigenvalue weighted by Gasteiger charge is -2.40. The summed E-state index contributed by atoms with van der Waals surface area (Å²) in [7, 11) is 2.07. The molecule has 0 bridgehead atoms. The molecule has 1 fully saturated rings. The number of ether oxygens (including phenoxy) is 1. The minimum atomic E-state index is 0.0354. The number of nitrogens with zero attached hydrogens (tertiary/aromatic N) is 5. The molecule has 1 saturated heterocycles. The number of hydrogen-bond acceptors (Lipinski definition) is 5. The molecule has 4 rings (SSSR count). The second-order valence-electron chi connectivity index (χ2n) is 6.47. The summed E-state index contributed by atoms with van der Waals surface area (Å²) in [5, 5.41) is 0.614. The zero-order chi connectivity index (χ0) is 17.4. The molecule has 0 atom stereocenters. The maximum absolute atomic E-state index is 13.0. The number of halogens is 1. The van der Waals surface area contributed by atoms with Gasteiger partial charge in [-0.25, -0.2) is 4.79 Å². The molecule has 0 saturated carbocycles. The third kappa shape index (κ3) is 3.08. The SMILES string of the molecule is CN1CCN=C1N1CCN(C(=O)N2CCOc3cc(Cl)ccc32)CC1. The normalized spacial score (nSPS) is 20.3. The molecule has 0 unspecified atom stereocenters. The fraction of sp³-hybridized carbons (Fsp3) is 0.529. The molecule has 1 aromatic rings. The Labute approximate surface area is 152 Å². The van der Waals surface area contributed by atoms with Gasteiger partial charge in [0.1, 0.15) is 12.4 Å². The van der Waals surface area contributed by atoms with Crippen LogP contribution in [0.25, 0.3) is 0 Å². The summed E-state index contributed by atoms with van der Waals surface area (Å²) in [5.41, 5.74) is 0.794. The fourth-order valence-electron chi connectivity index (χ4n) is 3.52. The van der Waals surface area contributed by atoms with E-state index in [9.17, 15) is 4.79 Å². The monoisotopic (exact) mass is 363 g/mol. The topological polar surface area (TPSA) is 51.6 Å². The number of guanidine groups is 1. The molecular weight excluding hydrogens is 342 g/mol. The Morgan fingerprint density at radius 1 is 1.16 bits per heavy atom.